The topological polar surface area (TPSA) is 70.7 Å². The fraction of sp³-hybridized carbons (Fsp3) is 0.250. The Hall–Kier alpha value is -2.01. The summed E-state index contributed by atoms with van der Waals surface area (Å²) in [5.74, 6) is 0. The number of aromatic nitrogens is 3. The van der Waals surface area contributed by atoms with Crippen LogP contribution in [0.2, 0.25) is 0 Å². The molecule has 0 saturated heterocycles. The van der Waals surface area contributed by atoms with Crippen molar-refractivity contribution in [2.45, 2.75) is 13.0 Å². The van der Waals surface area contributed by atoms with Crippen molar-refractivity contribution in [3.63, 3.8) is 0 Å². The number of pyridine rings is 1. The maximum atomic E-state index is 11.5. The van der Waals surface area contributed by atoms with Gasteiger partial charge in [0.15, 0.2) is 0 Å². The molecule has 1 aliphatic heterocycles. The molecule has 1 aliphatic rings. The number of nitrogens with zero attached hydrogens (tertiary/aromatic N) is 2. The van der Waals surface area contributed by atoms with Gasteiger partial charge in [-0.05, 0) is 25.1 Å². The molecule has 0 aromatic carbocycles. The van der Waals surface area contributed by atoms with Crippen molar-refractivity contribution in [2.75, 3.05) is 6.54 Å². The van der Waals surface area contributed by atoms with E-state index in [1.807, 2.05) is 12.1 Å². The summed E-state index contributed by atoms with van der Waals surface area (Å²) < 4.78 is 0. The number of aromatic amines is 1. The molecular formula is C12H12N4O. The second kappa shape index (κ2) is 4.10. The van der Waals surface area contributed by atoms with Gasteiger partial charge in [0, 0.05) is 35.8 Å². The highest BCUT2D eigenvalue weighted by Crippen LogP contribution is 2.23. The highest BCUT2D eigenvalue weighted by molar-refractivity contribution is 5.63. The number of rotatable bonds is 1. The van der Waals surface area contributed by atoms with Crippen LogP contribution in [0.3, 0.4) is 0 Å². The molecule has 2 N–H and O–H groups in total. The zero-order valence-electron chi connectivity index (χ0n) is 9.23. The Morgan fingerprint density at radius 1 is 1.24 bits per heavy atom. The smallest absolute Gasteiger partial charge is 0.311 e. The molecule has 2 aromatic rings. The summed E-state index contributed by atoms with van der Waals surface area (Å²) in [7, 11) is 0. The highest BCUT2D eigenvalue weighted by Gasteiger charge is 2.16. The summed E-state index contributed by atoms with van der Waals surface area (Å²) in [4.78, 5) is 22.4. The van der Waals surface area contributed by atoms with Crippen LogP contribution in [0.15, 0.2) is 29.3 Å². The average Bonchev–Trinajstić information content (AvgIpc) is 2.39. The largest absolute Gasteiger partial charge is 0.345 e. The van der Waals surface area contributed by atoms with Gasteiger partial charge in [0.05, 0.1) is 5.69 Å². The van der Waals surface area contributed by atoms with Crippen LogP contribution in [-0.4, -0.2) is 21.5 Å². The van der Waals surface area contributed by atoms with Gasteiger partial charge in [-0.3, -0.25) is 4.98 Å². The van der Waals surface area contributed by atoms with E-state index in [9.17, 15) is 4.79 Å². The summed E-state index contributed by atoms with van der Waals surface area (Å²) in [6.07, 6.45) is 4.31. The summed E-state index contributed by atoms with van der Waals surface area (Å²) in [5.41, 5.74) is 3.52. The monoisotopic (exact) mass is 228 g/mol. The van der Waals surface area contributed by atoms with Gasteiger partial charge in [-0.25, -0.2) is 4.79 Å². The van der Waals surface area contributed by atoms with E-state index in [0.29, 0.717) is 6.54 Å². The lowest BCUT2D eigenvalue weighted by molar-refractivity contribution is 0.621. The second-order valence-electron chi connectivity index (χ2n) is 4.01. The third-order valence-electron chi connectivity index (χ3n) is 2.93. The van der Waals surface area contributed by atoms with Crippen LogP contribution in [0, 0.1) is 0 Å². The lowest BCUT2D eigenvalue weighted by atomic mass is 10.0. The predicted octanol–water partition coefficient (Wildman–Crippen LogP) is 0.478. The van der Waals surface area contributed by atoms with Crippen molar-refractivity contribution >= 4 is 0 Å². The van der Waals surface area contributed by atoms with Crippen molar-refractivity contribution in [2.24, 2.45) is 0 Å². The van der Waals surface area contributed by atoms with Crippen LogP contribution in [-0.2, 0) is 13.0 Å². The molecule has 0 amide bonds. The molecule has 17 heavy (non-hydrogen) atoms. The molecular weight excluding hydrogens is 216 g/mol. The van der Waals surface area contributed by atoms with Crippen LogP contribution in [0.5, 0.6) is 0 Å². The number of hydrogen-bond donors (Lipinski definition) is 2. The fourth-order valence-corrected chi connectivity index (χ4v) is 2.14. The summed E-state index contributed by atoms with van der Waals surface area (Å²) >= 11 is 0. The first kappa shape index (κ1) is 10.2. The third-order valence-corrected chi connectivity index (χ3v) is 2.93. The number of nitrogens with one attached hydrogen (secondary N) is 2. The molecule has 3 rings (SSSR count). The molecule has 0 unspecified atom stereocenters. The number of hydrogen-bond acceptors (Lipinski definition) is 4. The molecule has 86 valence electrons. The zero-order valence-corrected chi connectivity index (χ0v) is 9.23. The molecule has 5 heteroatoms. The Bertz CT molecular complexity index is 591. The normalized spacial score (nSPS) is 14.4. The summed E-state index contributed by atoms with van der Waals surface area (Å²) in [6.45, 7) is 1.62. The maximum Gasteiger partial charge on any atom is 0.345 e. The number of H-pyrrole nitrogens is 1. The van der Waals surface area contributed by atoms with Gasteiger partial charge >= 0.3 is 5.69 Å². The van der Waals surface area contributed by atoms with E-state index in [2.05, 4.69) is 20.3 Å². The zero-order chi connectivity index (χ0) is 11.7. The Balaban J connectivity index is 2.22. The molecule has 5 nitrogen and oxygen atoms in total. The molecule has 0 spiro atoms. The standard InChI is InChI=1S/C12H12N4O/c17-12-15-10-7-14-6-3-9(10)11(16-12)8-1-4-13-5-2-8/h1-2,4-5,14H,3,6-7H2,(H,15,16,17). The van der Waals surface area contributed by atoms with Crippen molar-refractivity contribution in [3.8, 4) is 11.3 Å². The van der Waals surface area contributed by atoms with Crippen molar-refractivity contribution in [1.29, 1.82) is 0 Å². The molecule has 2 aromatic heterocycles. The van der Waals surface area contributed by atoms with Gasteiger partial charge in [-0.2, -0.15) is 4.98 Å². The molecule has 3 heterocycles. The predicted molar refractivity (Wildman–Crippen MR) is 63.5 cm³/mol. The first-order chi connectivity index (χ1) is 8.34. The SMILES string of the molecule is O=c1nc(-c2ccncc2)c2c([nH]1)CNCC2. The minimum absolute atomic E-state index is 0.292. The van der Waals surface area contributed by atoms with Gasteiger partial charge in [-0.15, -0.1) is 0 Å². The Labute approximate surface area is 97.9 Å². The van der Waals surface area contributed by atoms with E-state index < -0.39 is 0 Å². The highest BCUT2D eigenvalue weighted by atomic mass is 16.1. The minimum Gasteiger partial charge on any atom is -0.311 e. The Kier molecular flexibility index (Phi) is 2.45. The van der Waals surface area contributed by atoms with Crippen LogP contribution in [0.4, 0.5) is 0 Å². The van der Waals surface area contributed by atoms with Crippen LogP contribution >= 0.6 is 0 Å². The van der Waals surface area contributed by atoms with Gasteiger partial charge in [0.1, 0.15) is 0 Å². The summed E-state index contributed by atoms with van der Waals surface area (Å²) in [6, 6.07) is 3.76. The fourth-order valence-electron chi connectivity index (χ4n) is 2.14. The van der Waals surface area contributed by atoms with Gasteiger partial charge in [0.2, 0.25) is 0 Å². The molecule has 0 bridgehead atoms. The molecule has 0 radical (unpaired) electrons. The van der Waals surface area contributed by atoms with Gasteiger partial charge in [0.25, 0.3) is 0 Å². The van der Waals surface area contributed by atoms with E-state index in [0.717, 1.165) is 35.5 Å². The quantitative estimate of drug-likeness (QED) is 0.744. The van der Waals surface area contributed by atoms with Crippen molar-refractivity contribution < 1.29 is 0 Å². The lowest BCUT2D eigenvalue weighted by Gasteiger charge is -2.18. The van der Waals surface area contributed by atoms with Crippen LogP contribution in [0.25, 0.3) is 11.3 Å². The van der Waals surface area contributed by atoms with Gasteiger partial charge < -0.3 is 10.3 Å². The maximum absolute atomic E-state index is 11.5. The molecule has 0 atom stereocenters. The minimum atomic E-state index is -0.292. The Morgan fingerprint density at radius 2 is 2.06 bits per heavy atom. The van der Waals surface area contributed by atoms with Crippen molar-refractivity contribution in [3.05, 3.63) is 46.3 Å². The van der Waals surface area contributed by atoms with E-state index in [1.54, 1.807) is 12.4 Å². The van der Waals surface area contributed by atoms with Crippen molar-refractivity contribution in [1.82, 2.24) is 20.3 Å². The molecule has 0 aliphatic carbocycles. The van der Waals surface area contributed by atoms with Gasteiger partial charge in [-0.1, -0.05) is 0 Å². The van der Waals surface area contributed by atoms with E-state index in [1.165, 1.54) is 0 Å². The average molecular weight is 228 g/mol. The first-order valence-electron chi connectivity index (χ1n) is 5.58. The lowest BCUT2D eigenvalue weighted by Crippen LogP contribution is -2.29. The third kappa shape index (κ3) is 1.85. The summed E-state index contributed by atoms with van der Waals surface area (Å²) in [5, 5.41) is 3.24. The van der Waals surface area contributed by atoms with Crippen LogP contribution in [0.1, 0.15) is 11.3 Å². The van der Waals surface area contributed by atoms with E-state index >= 15 is 0 Å². The Morgan fingerprint density at radius 3 is 2.88 bits per heavy atom. The molecule has 0 saturated carbocycles. The van der Waals surface area contributed by atoms with E-state index in [-0.39, 0.29) is 5.69 Å². The van der Waals surface area contributed by atoms with Crippen LogP contribution < -0.4 is 11.0 Å². The van der Waals surface area contributed by atoms with E-state index in [4.69, 9.17) is 0 Å². The first-order valence-corrected chi connectivity index (χ1v) is 5.58. The molecule has 0 fully saturated rings. The number of fused-ring (bicyclic) bond motifs is 1. The second-order valence-corrected chi connectivity index (χ2v) is 4.01.